The lowest BCUT2D eigenvalue weighted by molar-refractivity contribution is 0.294. The number of aromatic nitrogens is 2. The number of anilines is 1. The summed E-state index contributed by atoms with van der Waals surface area (Å²) < 4.78 is 2.08. The summed E-state index contributed by atoms with van der Waals surface area (Å²) in [4.78, 5) is 6.60. The Labute approximate surface area is 126 Å². The number of benzene rings is 1. The Hall–Kier alpha value is -2.06. The molecular weight excluding hydrogens is 262 g/mol. The maximum atomic E-state index is 9.11. The van der Waals surface area contributed by atoms with Crippen molar-refractivity contribution in [3.05, 3.63) is 23.8 Å². The largest absolute Gasteiger partial charge is 0.369 e. The van der Waals surface area contributed by atoms with Crippen LogP contribution < -0.4 is 5.73 Å². The van der Waals surface area contributed by atoms with E-state index in [9.17, 15) is 0 Å². The Balaban J connectivity index is 2.54. The van der Waals surface area contributed by atoms with Crippen molar-refractivity contribution in [3.8, 4) is 6.07 Å². The van der Waals surface area contributed by atoms with E-state index >= 15 is 0 Å². The van der Waals surface area contributed by atoms with Crippen LogP contribution in [-0.4, -0.2) is 35.1 Å². The van der Waals surface area contributed by atoms with Crippen LogP contribution in [0, 0.1) is 17.2 Å². The van der Waals surface area contributed by atoms with E-state index in [-0.39, 0.29) is 6.04 Å². The summed E-state index contributed by atoms with van der Waals surface area (Å²) in [6.45, 7) is 5.31. The molecule has 1 aromatic carbocycles. The SMILES string of the molecule is CC(C)CC(CN(C)C)n1c(N)nc2ccc(C#N)cc21. The summed E-state index contributed by atoms with van der Waals surface area (Å²) in [6.07, 6.45) is 1.02. The second kappa shape index (κ2) is 6.15. The summed E-state index contributed by atoms with van der Waals surface area (Å²) in [5.41, 5.74) is 8.57. The van der Waals surface area contributed by atoms with E-state index < -0.39 is 0 Å². The minimum Gasteiger partial charge on any atom is -0.369 e. The van der Waals surface area contributed by atoms with Crippen LogP contribution in [0.5, 0.6) is 0 Å². The summed E-state index contributed by atoms with van der Waals surface area (Å²) in [7, 11) is 4.12. The maximum Gasteiger partial charge on any atom is 0.201 e. The minimum atomic E-state index is 0.249. The fraction of sp³-hybridized carbons (Fsp3) is 0.500. The molecule has 0 aliphatic rings. The lowest BCUT2D eigenvalue weighted by Gasteiger charge is -2.25. The van der Waals surface area contributed by atoms with E-state index in [1.165, 1.54) is 0 Å². The Kier molecular flexibility index (Phi) is 4.49. The van der Waals surface area contributed by atoms with Crippen molar-refractivity contribution < 1.29 is 0 Å². The highest BCUT2D eigenvalue weighted by Crippen LogP contribution is 2.28. The lowest BCUT2D eigenvalue weighted by Crippen LogP contribution is -2.26. The normalized spacial score (nSPS) is 13.0. The first kappa shape index (κ1) is 15.3. The zero-order chi connectivity index (χ0) is 15.6. The molecule has 1 unspecified atom stereocenters. The van der Waals surface area contributed by atoms with Gasteiger partial charge in [-0.25, -0.2) is 4.98 Å². The Morgan fingerprint density at radius 2 is 2.10 bits per heavy atom. The van der Waals surface area contributed by atoms with Gasteiger partial charge in [0.05, 0.1) is 28.7 Å². The topological polar surface area (TPSA) is 70.9 Å². The molecule has 0 spiro atoms. The van der Waals surface area contributed by atoms with Crippen LogP contribution in [0.4, 0.5) is 5.95 Å². The molecule has 5 heteroatoms. The van der Waals surface area contributed by atoms with Crippen molar-refractivity contribution in [2.45, 2.75) is 26.3 Å². The smallest absolute Gasteiger partial charge is 0.201 e. The lowest BCUT2D eigenvalue weighted by atomic mass is 10.0. The van der Waals surface area contributed by atoms with E-state index in [1.807, 2.05) is 12.1 Å². The molecule has 0 aliphatic heterocycles. The van der Waals surface area contributed by atoms with E-state index in [2.05, 4.69) is 48.5 Å². The Morgan fingerprint density at radius 1 is 1.38 bits per heavy atom. The molecule has 0 saturated carbocycles. The summed E-state index contributed by atoms with van der Waals surface area (Å²) in [5, 5.41) is 9.11. The average molecular weight is 285 g/mol. The molecule has 2 N–H and O–H groups in total. The number of rotatable bonds is 5. The van der Waals surface area contributed by atoms with Gasteiger partial charge in [0.15, 0.2) is 0 Å². The minimum absolute atomic E-state index is 0.249. The fourth-order valence-corrected chi connectivity index (χ4v) is 2.79. The molecule has 5 nitrogen and oxygen atoms in total. The maximum absolute atomic E-state index is 9.11. The number of fused-ring (bicyclic) bond motifs is 1. The number of hydrogen-bond donors (Lipinski definition) is 1. The van der Waals surface area contributed by atoms with Gasteiger partial charge < -0.3 is 15.2 Å². The predicted octanol–water partition coefficient (Wildman–Crippen LogP) is 2.64. The molecule has 1 atom stereocenters. The number of nitrogens with two attached hydrogens (primary N) is 1. The molecule has 0 saturated heterocycles. The van der Waals surface area contributed by atoms with Crippen LogP contribution in [0.2, 0.25) is 0 Å². The molecule has 21 heavy (non-hydrogen) atoms. The second-order valence-electron chi connectivity index (χ2n) is 6.20. The number of hydrogen-bond acceptors (Lipinski definition) is 4. The summed E-state index contributed by atoms with van der Waals surface area (Å²) >= 11 is 0. The second-order valence-corrected chi connectivity index (χ2v) is 6.20. The van der Waals surface area contributed by atoms with Crippen molar-refractivity contribution in [3.63, 3.8) is 0 Å². The Bertz CT molecular complexity index is 653. The van der Waals surface area contributed by atoms with Gasteiger partial charge in [-0.15, -0.1) is 0 Å². The van der Waals surface area contributed by atoms with Crippen LogP contribution >= 0.6 is 0 Å². The first-order valence-corrected chi connectivity index (χ1v) is 7.24. The van der Waals surface area contributed by atoms with Gasteiger partial charge in [0.2, 0.25) is 5.95 Å². The molecule has 0 aliphatic carbocycles. The third-order valence-electron chi connectivity index (χ3n) is 3.53. The standard InChI is InChI=1S/C16H23N5/c1-11(2)7-13(10-20(3)4)21-15-8-12(9-17)5-6-14(15)19-16(21)18/h5-6,8,11,13H,7,10H2,1-4H3,(H2,18,19). The zero-order valence-corrected chi connectivity index (χ0v) is 13.2. The number of nitrogens with zero attached hydrogens (tertiary/aromatic N) is 4. The van der Waals surface area contributed by atoms with E-state index in [0.29, 0.717) is 17.4 Å². The molecule has 1 heterocycles. The van der Waals surface area contributed by atoms with E-state index in [4.69, 9.17) is 11.0 Å². The number of imidazole rings is 1. The Morgan fingerprint density at radius 3 is 2.67 bits per heavy atom. The van der Waals surface area contributed by atoms with E-state index in [0.717, 1.165) is 24.0 Å². The van der Waals surface area contributed by atoms with Crippen molar-refractivity contribution in [2.24, 2.45) is 5.92 Å². The molecular formula is C16H23N5. The highest BCUT2D eigenvalue weighted by molar-refractivity contribution is 5.80. The van der Waals surface area contributed by atoms with Crippen LogP contribution in [0.15, 0.2) is 18.2 Å². The molecule has 0 bridgehead atoms. The monoisotopic (exact) mass is 285 g/mol. The highest BCUT2D eigenvalue weighted by atomic mass is 15.2. The fourth-order valence-electron chi connectivity index (χ4n) is 2.79. The zero-order valence-electron chi connectivity index (χ0n) is 13.2. The van der Waals surface area contributed by atoms with Crippen molar-refractivity contribution in [1.29, 1.82) is 5.26 Å². The molecule has 112 valence electrons. The van der Waals surface area contributed by atoms with Gasteiger partial charge in [-0.2, -0.15) is 5.26 Å². The van der Waals surface area contributed by atoms with E-state index in [1.54, 1.807) is 6.07 Å². The molecule has 0 fully saturated rings. The number of likely N-dealkylation sites (N-methyl/N-ethyl adjacent to an activating group) is 1. The molecule has 0 radical (unpaired) electrons. The van der Waals surface area contributed by atoms with Crippen LogP contribution in [0.3, 0.4) is 0 Å². The molecule has 1 aromatic heterocycles. The molecule has 2 aromatic rings. The average Bonchev–Trinajstić information content (AvgIpc) is 2.71. The first-order valence-electron chi connectivity index (χ1n) is 7.24. The van der Waals surface area contributed by atoms with Crippen molar-refractivity contribution in [1.82, 2.24) is 14.5 Å². The third kappa shape index (κ3) is 3.34. The predicted molar refractivity (Wildman–Crippen MR) is 85.9 cm³/mol. The first-order chi connectivity index (χ1) is 9.92. The number of nitriles is 1. The van der Waals surface area contributed by atoms with Gasteiger partial charge in [-0.3, -0.25) is 0 Å². The van der Waals surface area contributed by atoms with Gasteiger partial charge in [0, 0.05) is 6.54 Å². The molecule has 0 amide bonds. The van der Waals surface area contributed by atoms with Gasteiger partial charge in [0.25, 0.3) is 0 Å². The van der Waals surface area contributed by atoms with Crippen molar-refractivity contribution >= 4 is 17.0 Å². The number of nitrogen functional groups attached to an aromatic ring is 1. The summed E-state index contributed by atoms with van der Waals surface area (Å²) in [5.74, 6) is 1.08. The quantitative estimate of drug-likeness (QED) is 0.916. The summed E-state index contributed by atoms with van der Waals surface area (Å²) in [6, 6.07) is 7.95. The third-order valence-corrected chi connectivity index (χ3v) is 3.53. The highest BCUT2D eigenvalue weighted by Gasteiger charge is 2.20. The van der Waals surface area contributed by atoms with Gasteiger partial charge >= 0.3 is 0 Å². The van der Waals surface area contributed by atoms with Crippen LogP contribution in [0.25, 0.3) is 11.0 Å². The molecule has 2 rings (SSSR count). The van der Waals surface area contributed by atoms with Gasteiger partial charge in [-0.1, -0.05) is 13.8 Å². The van der Waals surface area contributed by atoms with Gasteiger partial charge in [0.1, 0.15) is 0 Å². The van der Waals surface area contributed by atoms with Crippen LogP contribution in [0.1, 0.15) is 31.9 Å². The van der Waals surface area contributed by atoms with Crippen LogP contribution in [-0.2, 0) is 0 Å². The van der Waals surface area contributed by atoms with Crippen molar-refractivity contribution in [2.75, 3.05) is 26.4 Å². The van der Waals surface area contributed by atoms with Gasteiger partial charge in [-0.05, 0) is 44.6 Å².